The minimum atomic E-state index is -0.365. The van der Waals surface area contributed by atoms with Gasteiger partial charge in [0.1, 0.15) is 17.1 Å². The Labute approximate surface area is 210 Å². The minimum absolute atomic E-state index is 0.124. The molecule has 3 aliphatic heterocycles. The van der Waals surface area contributed by atoms with Crippen molar-refractivity contribution in [2.75, 3.05) is 13.1 Å². The number of allylic oxidation sites excluding steroid dienone is 9. The van der Waals surface area contributed by atoms with Crippen LogP contribution in [0.2, 0.25) is 0 Å². The summed E-state index contributed by atoms with van der Waals surface area (Å²) in [6, 6.07) is 0. The summed E-state index contributed by atoms with van der Waals surface area (Å²) in [5.41, 5.74) is 0.363. The van der Waals surface area contributed by atoms with Gasteiger partial charge in [-0.05, 0) is 79.6 Å². The van der Waals surface area contributed by atoms with Crippen LogP contribution in [0.4, 0.5) is 0 Å². The lowest BCUT2D eigenvalue weighted by Crippen LogP contribution is -2.56. The molecular formula is C25H30N2O3S3. The molecule has 0 atom stereocenters. The third kappa shape index (κ3) is 5.39. The van der Waals surface area contributed by atoms with Crippen molar-refractivity contribution in [1.29, 1.82) is 0 Å². The first-order chi connectivity index (χ1) is 15.5. The molecule has 8 heteroatoms. The number of hydrogen-bond acceptors (Lipinski definition) is 6. The number of likely N-dealkylation sites (N-methyl/N-ethyl adjacent to an activating group) is 2. The summed E-state index contributed by atoms with van der Waals surface area (Å²) in [4.78, 5) is 32.1. The Balaban J connectivity index is 2.04. The zero-order chi connectivity index (χ0) is 24.5. The van der Waals surface area contributed by atoms with Crippen LogP contribution in [0.5, 0.6) is 0 Å². The van der Waals surface area contributed by atoms with Gasteiger partial charge in [-0.2, -0.15) is 0 Å². The quantitative estimate of drug-likeness (QED) is 0.257. The molecule has 33 heavy (non-hydrogen) atoms. The summed E-state index contributed by atoms with van der Waals surface area (Å²) in [7, 11) is 0. The number of amides is 2. The van der Waals surface area contributed by atoms with E-state index in [0.717, 1.165) is 0 Å². The summed E-state index contributed by atoms with van der Waals surface area (Å²) < 4.78 is 7.35. The number of thiocarbonyl (C=S) groups is 1. The Morgan fingerprint density at radius 2 is 1.55 bits per heavy atom. The number of thioether (sulfide) groups is 2. The van der Waals surface area contributed by atoms with E-state index in [1.54, 1.807) is 35.7 Å². The number of nitrogens with zero attached hydrogens (tertiary/aromatic N) is 2. The van der Waals surface area contributed by atoms with Crippen LogP contribution in [-0.2, 0) is 14.3 Å². The fraction of sp³-hybridized carbons (Fsp3) is 0.400. The zero-order valence-electron chi connectivity index (χ0n) is 20.1. The van der Waals surface area contributed by atoms with Gasteiger partial charge in [0.15, 0.2) is 5.11 Å². The molecule has 1 saturated heterocycles. The van der Waals surface area contributed by atoms with E-state index >= 15 is 0 Å². The van der Waals surface area contributed by atoms with Crippen LogP contribution in [0.3, 0.4) is 0 Å². The standard InChI is InChI=1S/C25H30N2O3S3/c1-8-26-22(28)21(23(29)27(9-2)24(26)31)17-13-18(30-19(14-17)25(5,6)7)11-10-12-20-32-15(3)16(4)33-20/h10-14H,8-9H2,1-7H3/b11-10+. The monoisotopic (exact) mass is 502 g/mol. The fourth-order valence-corrected chi connectivity index (χ4v) is 6.13. The number of ether oxygens (including phenoxy) is 1. The molecule has 3 heterocycles. The van der Waals surface area contributed by atoms with E-state index in [4.69, 9.17) is 17.0 Å². The predicted octanol–water partition coefficient (Wildman–Crippen LogP) is 6.25. The molecule has 0 radical (unpaired) electrons. The maximum Gasteiger partial charge on any atom is 0.266 e. The van der Waals surface area contributed by atoms with Crippen molar-refractivity contribution in [3.63, 3.8) is 0 Å². The van der Waals surface area contributed by atoms with Crippen molar-refractivity contribution in [2.24, 2.45) is 5.41 Å². The average molecular weight is 503 g/mol. The molecule has 0 aromatic carbocycles. The van der Waals surface area contributed by atoms with E-state index in [1.165, 1.54) is 23.8 Å². The summed E-state index contributed by atoms with van der Waals surface area (Å²) in [6.07, 6.45) is 9.42. The molecule has 176 valence electrons. The number of carbonyl (C=O) groups is 2. The summed E-state index contributed by atoms with van der Waals surface area (Å²) in [5, 5.41) is 0.257. The second-order valence-electron chi connectivity index (χ2n) is 8.78. The number of rotatable bonds is 4. The predicted molar refractivity (Wildman–Crippen MR) is 142 cm³/mol. The Kier molecular flexibility index (Phi) is 7.81. The van der Waals surface area contributed by atoms with E-state index in [1.807, 2.05) is 46.8 Å². The zero-order valence-corrected chi connectivity index (χ0v) is 22.6. The van der Waals surface area contributed by atoms with Crippen molar-refractivity contribution in [2.45, 2.75) is 48.5 Å². The van der Waals surface area contributed by atoms with Crippen molar-refractivity contribution >= 4 is 52.7 Å². The Morgan fingerprint density at radius 3 is 2.03 bits per heavy atom. The maximum atomic E-state index is 13.2. The highest BCUT2D eigenvalue weighted by atomic mass is 32.2. The largest absolute Gasteiger partial charge is 0.461 e. The molecule has 0 saturated carbocycles. The van der Waals surface area contributed by atoms with Crippen LogP contribution in [-0.4, -0.2) is 39.8 Å². The molecule has 0 aliphatic carbocycles. The summed E-state index contributed by atoms with van der Waals surface area (Å²) >= 11 is 8.90. The van der Waals surface area contributed by atoms with Gasteiger partial charge in [-0.25, -0.2) is 0 Å². The molecule has 2 amide bonds. The van der Waals surface area contributed by atoms with Gasteiger partial charge in [0, 0.05) is 22.7 Å². The number of hydrogen-bond donors (Lipinski definition) is 0. The molecule has 0 N–H and O–H groups in total. The first kappa shape index (κ1) is 25.6. The van der Waals surface area contributed by atoms with Gasteiger partial charge in [0.2, 0.25) is 0 Å². The van der Waals surface area contributed by atoms with Gasteiger partial charge in [0.05, 0.1) is 0 Å². The normalized spacial score (nSPS) is 20.2. The van der Waals surface area contributed by atoms with E-state index in [9.17, 15) is 9.59 Å². The lowest BCUT2D eigenvalue weighted by Gasteiger charge is -2.36. The van der Waals surface area contributed by atoms with Gasteiger partial charge in [0.25, 0.3) is 11.8 Å². The highest BCUT2D eigenvalue weighted by Crippen LogP contribution is 2.48. The molecule has 3 aliphatic rings. The van der Waals surface area contributed by atoms with E-state index in [-0.39, 0.29) is 27.9 Å². The molecule has 3 rings (SSSR count). The molecule has 0 aromatic rings. The second-order valence-corrected chi connectivity index (χ2v) is 11.9. The molecular weight excluding hydrogens is 472 g/mol. The lowest BCUT2D eigenvalue weighted by atomic mass is 9.89. The molecule has 0 bridgehead atoms. The van der Waals surface area contributed by atoms with Crippen molar-refractivity contribution in [3.05, 3.63) is 67.1 Å². The van der Waals surface area contributed by atoms with Crippen LogP contribution in [0.15, 0.2) is 67.1 Å². The smallest absolute Gasteiger partial charge is 0.266 e. The highest BCUT2D eigenvalue weighted by Gasteiger charge is 2.40. The first-order valence-electron chi connectivity index (χ1n) is 10.9. The van der Waals surface area contributed by atoms with Crippen molar-refractivity contribution < 1.29 is 14.3 Å². The SMILES string of the molecule is CCN1C(=O)C(=C2C=C(/C=C/C=C3SC(C)=C(C)S3)OC(C(C)(C)C)=C2)C(=O)N(CC)C1=S. The highest BCUT2D eigenvalue weighted by molar-refractivity contribution is 8.28. The Bertz CT molecular complexity index is 1040. The minimum Gasteiger partial charge on any atom is -0.461 e. The lowest BCUT2D eigenvalue weighted by molar-refractivity contribution is -0.133. The molecule has 0 unspecified atom stereocenters. The summed E-state index contributed by atoms with van der Waals surface area (Å²) in [6.45, 7) is 14.8. The van der Waals surface area contributed by atoms with Gasteiger partial charge in [-0.15, -0.1) is 0 Å². The van der Waals surface area contributed by atoms with Crippen LogP contribution in [0, 0.1) is 5.41 Å². The van der Waals surface area contributed by atoms with Crippen LogP contribution in [0.1, 0.15) is 48.5 Å². The van der Waals surface area contributed by atoms with Crippen molar-refractivity contribution in [3.8, 4) is 0 Å². The van der Waals surface area contributed by atoms with Crippen molar-refractivity contribution in [1.82, 2.24) is 9.80 Å². The van der Waals surface area contributed by atoms with Gasteiger partial charge < -0.3 is 4.74 Å². The molecule has 1 fully saturated rings. The van der Waals surface area contributed by atoms with Crippen LogP contribution < -0.4 is 0 Å². The Hall–Kier alpha value is -2.03. The molecule has 0 aromatic heterocycles. The maximum absolute atomic E-state index is 13.2. The fourth-order valence-electron chi connectivity index (χ4n) is 3.36. The topological polar surface area (TPSA) is 49.9 Å². The average Bonchev–Trinajstić information content (AvgIpc) is 3.05. The first-order valence-corrected chi connectivity index (χ1v) is 13.0. The van der Waals surface area contributed by atoms with Gasteiger partial charge in [-0.1, -0.05) is 50.4 Å². The van der Waals surface area contributed by atoms with E-state index in [2.05, 4.69) is 19.9 Å². The van der Waals surface area contributed by atoms with Crippen LogP contribution >= 0.6 is 35.7 Å². The third-order valence-electron chi connectivity index (χ3n) is 5.35. The third-order valence-corrected chi connectivity index (χ3v) is 8.32. The summed E-state index contributed by atoms with van der Waals surface area (Å²) in [5.74, 6) is 0.542. The Morgan fingerprint density at radius 1 is 1.00 bits per heavy atom. The molecule has 0 spiro atoms. The van der Waals surface area contributed by atoms with Gasteiger partial charge >= 0.3 is 0 Å². The van der Waals surface area contributed by atoms with E-state index in [0.29, 0.717) is 30.2 Å². The number of carbonyl (C=O) groups excluding carboxylic acids is 2. The second kappa shape index (κ2) is 10.1. The molecule has 5 nitrogen and oxygen atoms in total. The van der Waals surface area contributed by atoms with E-state index < -0.39 is 0 Å². The van der Waals surface area contributed by atoms with Gasteiger partial charge in [-0.3, -0.25) is 19.4 Å². The van der Waals surface area contributed by atoms with Crippen LogP contribution in [0.25, 0.3) is 0 Å².